The Hall–Kier alpha value is -1.51. The molecule has 0 aliphatic carbocycles. The Morgan fingerprint density at radius 3 is 2.47 bits per heavy atom. The third-order valence-corrected chi connectivity index (χ3v) is 3.35. The van der Waals surface area contributed by atoms with Crippen LogP contribution in [0.5, 0.6) is 0 Å². The predicted molar refractivity (Wildman–Crippen MR) is 82.7 cm³/mol. The number of rotatable bonds is 5. The van der Waals surface area contributed by atoms with Crippen molar-refractivity contribution in [2.24, 2.45) is 5.73 Å². The van der Waals surface area contributed by atoms with Crippen molar-refractivity contribution in [2.75, 3.05) is 18.0 Å². The third-order valence-electron chi connectivity index (χ3n) is 3.11. The maximum Gasteiger partial charge on any atom is 0.0430 e. The summed E-state index contributed by atoms with van der Waals surface area (Å²) in [6.45, 7) is 4.41. The van der Waals surface area contributed by atoms with Crippen molar-refractivity contribution in [3.63, 3.8) is 0 Å². The van der Waals surface area contributed by atoms with Gasteiger partial charge in [0.2, 0.25) is 0 Å². The van der Waals surface area contributed by atoms with Crippen LogP contribution < -0.4 is 10.6 Å². The maximum atomic E-state index is 6.02. The summed E-state index contributed by atoms with van der Waals surface area (Å²) in [6, 6.07) is 16.4. The zero-order valence-corrected chi connectivity index (χ0v) is 11.9. The van der Waals surface area contributed by atoms with Crippen LogP contribution in [0.4, 0.5) is 5.69 Å². The van der Waals surface area contributed by atoms with Crippen molar-refractivity contribution in [3.05, 3.63) is 64.7 Å². The van der Waals surface area contributed by atoms with E-state index in [9.17, 15) is 0 Å². The standard InChI is InChI=1S/C16H19ClN2/c1-13-11-15(17)7-8-16(13)19(10-9-18)12-14-5-3-2-4-6-14/h2-8,11H,9-10,12,18H2,1H3. The van der Waals surface area contributed by atoms with E-state index in [0.717, 1.165) is 18.1 Å². The van der Waals surface area contributed by atoms with E-state index in [4.69, 9.17) is 17.3 Å². The highest BCUT2D eigenvalue weighted by Gasteiger charge is 2.09. The minimum Gasteiger partial charge on any atom is -0.366 e. The Morgan fingerprint density at radius 2 is 1.84 bits per heavy atom. The first-order valence-electron chi connectivity index (χ1n) is 6.46. The number of nitrogens with two attached hydrogens (primary N) is 1. The summed E-state index contributed by atoms with van der Waals surface area (Å²) in [5, 5.41) is 0.772. The number of halogens is 1. The van der Waals surface area contributed by atoms with E-state index in [0.29, 0.717) is 6.54 Å². The molecule has 0 saturated carbocycles. The lowest BCUT2D eigenvalue weighted by atomic mass is 10.1. The first-order chi connectivity index (χ1) is 9.20. The van der Waals surface area contributed by atoms with E-state index >= 15 is 0 Å². The summed E-state index contributed by atoms with van der Waals surface area (Å²) in [5.41, 5.74) is 9.39. The molecule has 19 heavy (non-hydrogen) atoms. The van der Waals surface area contributed by atoms with E-state index in [-0.39, 0.29) is 0 Å². The lowest BCUT2D eigenvalue weighted by Crippen LogP contribution is -2.29. The molecule has 0 aliphatic heterocycles. The van der Waals surface area contributed by atoms with Gasteiger partial charge in [0, 0.05) is 30.3 Å². The summed E-state index contributed by atoms with van der Waals surface area (Å²) in [6.07, 6.45) is 0. The van der Waals surface area contributed by atoms with Gasteiger partial charge in [-0.25, -0.2) is 0 Å². The summed E-state index contributed by atoms with van der Waals surface area (Å²) < 4.78 is 0. The Labute approximate surface area is 119 Å². The fourth-order valence-electron chi connectivity index (χ4n) is 2.22. The van der Waals surface area contributed by atoms with Crippen molar-refractivity contribution in [3.8, 4) is 0 Å². The summed E-state index contributed by atoms with van der Waals surface area (Å²) in [7, 11) is 0. The molecule has 100 valence electrons. The van der Waals surface area contributed by atoms with Crippen LogP contribution in [0.1, 0.15) is 11.1 Å². The Kier molecular flexibility index (Phi) is 4.83. The molecule has 0 atom stereocenters. The molecule has 0 amide bonds. The van der Waals surface area contributed by atoms with Gasteiger partial charge in [-0.1, -0.05) is 41.9 Å². The maximum absolute atomic E-state index is 6.02. The van der Waals surface area contributed by atoms with Crippen LogP contribution in [-0.4, -0.2) is 13.1 Å². The van der Waals surface area contributed by atoms with Crippen molar-refractivity contribution in [1.82, 2.24) is 0 Å². The highest BCUT2D eigenvalue weighted by atomic mass is 35.5. The van der Waals surface area contributed by atoms with Gasteiger partial charge >= 0.3 is 0 Å². The number of nitrogens with zero attached hydrogens (tertiary/aromatic N) is 1. The van der Waals surface area contributed by atoms with Gasteiger partial charge in [0.25, 0.3) is 0 Å². The summed E-state index contributed by atoms with van der Waals surface area (Å²) in [5.74, 6) is 0. The molecule has 0 bridgehead atoms. The van der Waals surface area contributed by atoms with Crippen LogP contribution in [0.2, 0.25) is 5.02 Å². The van der Waals surface area contributed by atoms with Crippen molar-refractivity contribution < 1.29 is 0 Å². The van der Waals surface area contributed by atoms with Crippen LogP contribution in [0.25, 0.3) is 0 Å². The number of hydrogen-bond donors (Lipinski definition) is 1. The molecule has 0 radical (unpaired) electrons. The molecule has 0 aromatic heterocycles. The molecular formula is C16H19ClN2. The second-order valence-corrected chi connectivity index (χ2v) is 5.06. The SMILES string of the molecule is Cc1cc(Cl)ccc1N(CCN)Cc1ccccc1. The number of aryl methyl sites for hydroxylation is 1. The smallest absolute Gasteiger partial charge is 0.0430 e. The molecule has 0 heterocycles. The number of anilines is 1. The Bertz CT molecular complexity index is 526. The normalized spacial score (nSPS) is 10.5. The molecule has 2 aromatic carbocycles. The van der Waals surface area contributed by atoms with Crippen molar-refractivity contribution in [2.45, 2.75) is 13.5 Å². The third kappa shape index (κ3) is 3.72. The minimum atomic E-state index is 0.634. The fourth-order valence-corrected chi connectivity index (χ4v) is 2.44. The summed E-state index contributed by atoms with van der Waals surface area (Å²) in [4.78, 5) is 2.29. The highest BCUT2D eigenvalue weighted by Crippen LogP contribution is 2.24. The molecule has 3 heteroatoms. The molecule has 0 saturated heterocycles. The second kappa shape index (κ2) is 6.60. The lowest BCUT2D eigenvalue weighted by molar-refractivity contribution is 0.787. The molecule has 0 spiro atoms. The van der Waals surface area contributed by atoms with Gasteiger partial charge in [-0.2, -0.15) is 0 Å². The van der Waals surface area contributed by atoms with E-state index < -0.39 is 0 Å². The second-order valence-electron chi connectivity index (χ2n) is 4.63. The molecule has 0 unspecified atom stereocenters. The van der Waals surface area contributed by atoms with Crippen molar-refractivity contribution >= 4 is 17.3 Å². The monoisotopic (exact) mass is 274 g/mol. The van der Waals surface area contributed by atoms with Crippen molar-refractivity contribution in [1.29, 1.82) is 0 Å². The molecule has 2 N–H and O–H groups in total. The largest absolute Gasteiger partial charge is 0.366 e. The summed E-state index contributed by atoms with van der Waals surface area (Å²) >= 11 is 6.02. The van der Waals surface area contributed by atoms with Crippen LogP contribution in [0.3, 0.4) is 0 Å². The van der Waals surface area contributed by atoms with Gasteiger partial charge in [0.15, 0.2) is 0 Å². The van der Waals surface area contributed by atoms with Crippen LogP contribution >= 0.6 is 11.6 Å². The van der Waals surface area contributed by atoms with Crippen LogP contribution in [-0.2, 0) is 6.54 Å². The van der Waals surface area contributed by atoms with E-state index in [2.05, 4.69) is 42.2 Å². The average molecular weight is 275 g/mol. The molecule has 2 rings (SSSR count). The molecule has 0 aliphatic rings. The molecule has 2 nitrogen and oxygen atoms in total. The van der Waals surface area contributed by atoms with Gasteiger partial charge < -0.3 is 10.6 Å². The number of benzene rings is 2. The van der Waals surface area contributed by atoms with E-state index in [1.54, 1.807) is 0 Å². The number of hydrogen-bond acceptors (Lipinski definition) is 2. The van der Waals surface area contributed by atoms with Crippen LogP contribution in [0, 0.1) is 6.92 Å². The topological polar surface area (TPSA) is 29.3 Å². The van der Waals surface area contributed by atoms with E-state index in [1.807, 2.05) is 18.2 Å². The predicted octanol–water partition coefficient (Wildman–Crippen LogP) is 3.61. The average Bonchev–Trinajstić information content (AvgIpc) is 2.39. The zero-order valence-electron chi connectivity index (χ0n) is 11.1. The van der Waals surface area contributed by atoms with Gasteiger partial charge in [0.05, 0.1) is 0 Å². The quantitative estimate of drug-likeness (QED) is 0.902. The van der Waals surface area contributed by atoms with Gasteiger partial charge in [-0.15, -0.1) is 0 Å². The van der Waals surface area contributed by atoms with Gasteiger partial charge in [-0.3, -0.25) is 0 Å². The first kappa shape index (κ1) is 13.9. The Balaban J connectivity index is 2.24. The Morgan fingerprint density at radius 1 is 1.11 bits per heavy atom. The lowest BCUT2D eigenvalue weighted by Gasteiger charge is -2.26. The molecule has 0 fully saturated rings. The molecular weight excluding hydrogens is 256 g/mol. The first-order valence-corrected chi connectivity index (χ1v) is 6.83. The van der Waals surface area contributed by atoms with Gasteiger partial charge in [0.1, 0.15) is 0 Å². The minimum absolute atomic E-state index is 0.634. The fraction of sp³-hybridized carbons (Fsp3) is 0.250. The highest BCUT2D eigenvalue weighted by molar-refractivity contribution is 6.30. The molecule has 2 aromatic rings. The van der Waals surface area contributed by atoms with E-state index in [1.165, 1.54) is 16.8 Å². The van der Waals surface area contributed by atoms with Crippen LogP contribution in [0.15, 0.2) is 48.5 Å². The zero-order chi connectivity index (χ0) is 13.7. The van der Waals surface area contributed by atoms with Gasteiger partial charge in [-0.05, 0) is 36.2 Å².